The maximum atomic E-state index is 5.96. The Kier molecular flexibility index (Phi) is 11.8. The Labute approximate surface area is 238 Å². The molecule has 0 fully saturated rings. The molecule has 3 N–H and O–H groups in total. The van der Waals surface area contributed by atoms with Crippen molar-refractivity contribution < 1.29 is 9.15 Å². The van der Waals surface area contributed by atoms with Gasteiger partial charge in [-0.15, -0.1) is 0 Å². The van der Waals surface area contributed by atoms with Gasteiger partial charge in [0.1, 0.15) is 29.4 Å². The van der Waals surface area contributed by atoms with Crippen LogP contribution in [0.25, 0.3) is 0 Å². The highest BCUT2D eigenvalue weighted by Gasteiger charge is 2.17. The molecule has 0 spiro atoms. The van der Waals surface area contributed by atoms with Gasteiger partial charge in [0.2, 0.25) is 16.6 Å². The Morgan fingerprint density at radius 3 is 2.16 bits per heavy atom. The average molecular weight is 579 g/mol. The largest absolute Gasteiger partial charge is 0.467 e. The summed E-state index contributed by atoms with van der Waals surface area (Å²) in [5.41, 5.74) is 9.60. The molecule has 0 unspecified atom stereocenters. The van der Waals surface area contributed by atoms with Crippen molar-refractivity contribution in [3.63, 3.8) is 0 Å². The number of nitrogens with zero attached hydrogens (tertiary/aromatic N) is 4. The number of hydrogen-bond acceptors (Lipinski definition) is 8. The van der Waals surface area contributed by atoms with Gasteiger partial charge >= 0.3 is 0 Å². The Hall–Kier alpha value is -2.74. The third-order valence-electron chi connectivity index (χ3n) is 6.00. The number of rotatable bonds is 4. The van der Waals surface area contributed by atoms with Crippen LogP contribution in [0.2, 0.25) is 15.7 Å². The van der Waals surface area contributed by atoms with Crippen LogP contribution in [0.5, 0.6) is 0 Å². The number of aryl methyl sites for hydroxylation is 2. The summed E-state index contributed by atoms with van der Waals surface area (Å²) in [5.74, 6) is 2.51. The van der Waals surface area contributed by atoms with Crippen LogP contribution < -0.4 is 11.1 Å². The second-order valence-electron chi connectivity index (χ2n) is 8.54. The summed E-state index contributed by atoms with van der Waals surface area (Å²) in [6.45, 7) is 1.08. The van der Waals surface area contributed by atoms with Crippen LogP contribution in [0.15, 0.2) is 40.9 Å². The molecule has 11 heteroatoms. The summed E-state index contributed by atoms with van der Waals surface area (Å²) < 4.78 is 10.1. The molecule has 8 nitrogen and oxygen atoms in total. The van der Waals surface area contributed by atoms with Crippen molar-refractivity contribution in [1.82, 2.24) is 19.9 Å². The molecule has 3 aliphatic rings. The molecule has 38 heavy (non-hydrogen) atoms. The van der Waals surface area contributed by atoms with Crippen molar-refractivity contribution in [2.24, 2.45) is 5.73 Å². The average Bonchev–Trinajstić information content (AvgIpc) is 3.62. The number of furan rings is 1. The zero-order valence-corrected chi connectivity index (χ0v) is 22.5. The van der Waals surface area contributed by atoms with Gasteiger partial charge in [-0.2, -0.15) is 0 Å². The molecule has 2 aliphatic carbocycles. The minimum absolute atomic E-state index is 0. The highest BCUT2D eigenvalue weighted by molar-refractivity contribution is 6.32. The van der Waals surface area contributed by atoms with Crippen LogP contribution in [0, 0.1) is 6.08 Å². The van der Waals surface area contributed by atoms with Gasteiger partial charge in [0.05, 0.1) is 24.2 Å². The van der Waals surface area contributed by atoms with E-state index < -0.39 is 0 Å². The van der Waals surface area contributed by atoms with Crippen molar-refractivity contribution >= 4 is 40.6 Å². The van der Waals surface area contributed by atoms with Gasteiger partial charge in [0.15, 0.2) is 0 Å². The van der Waals surface area contributed by atoms with E-state index in [1.807, 2.05) is 12.1 Å². The van der Waals surface area contributed by atoms with Crippen molar-refractivity contribution in [3.8, 4) is 0 Å². The lowest BCUT2D eigenvalue weighted by atomic mass is 9.96. The molecular formula is C27H32Cl3N6O2+. The van der Waals surface area contributed by atoms with E-state index in [9.17, 15) is 0 Å². The number of aromatic nitrogens is 4. The Balaban J connectivity index is 0.000000173. The van der Waals surface area contributed by atoms with E-state index in [2.05, 4.69) is 31.3 Å². The molecular weight excluding hydrogens is 547 g/mol. The predicted molar refractivity (Wildman–Crippen MR) is 151 cm³/mol. The first-order valence-corrected chi connectivity index (χ1v) is 13.3. The standard InChI is InChI=1S/C13H14ClN3O.C8H8Cl2N2.C5H6NO.CH4/c14-13-16-11-6-2-1-5-10(11)12(17-13)15-8-9-4-3-7-18-9;9-7-5-3-1-2-4-6(5)11-8(10)12-7;6-4-5-2-1-3-7-5;/h3-4,7H,1-2,5-6,8H2,(H,15,16,17);1-4H2;2-3H,4,6H2;1H4/q;;+1;. The predicted octanol–water partition coefficient (Wildman–Crippen LogP) is 6.69. The van der Waals surface area contributed by atoms with Gasteiger partial charge < -0.3 is 20.2 Å². The molecule has 1 aliphatic heterocycles. The van der Waals surface area contributed by atoms with Gasteiger partial charge in [0.25, 0.3) is 12.0 Å². The second-order valence-corrected chi connectivity index (χ2v) is 9.57. The molecule has 0 bridgehead atoms. The van der Waals surface area contributed by atoms with Crippen LogP contribution in [-0.2, 0) is 37.0 Å². The van der Waals surface area contributed by atoms with Gasteiger partial charge in [0, 0.05) is 11.1 Å². The van der Waals surface area contributed by atoms with Gasteiger partial charge in [-0.05, 0) is 86.7 Å². The molecule has 3 aromatic heterocycles. The van der Waals surface area contributed by atoms with Crippen molar-refractivity contribution in [3.05, 3.63) is 86.6 Å². The Bertz CT molecular complexity index is 1250. The lowest BCUT2D eigenvalue weighted by Crippen LogP contribution is -2.12. The number of anilines is 1. The van der Waals surface area contributed by atoms with Crippen LogP contribution in [0.3, 0.4) is 0 Å². The molecule has 202 valence electrons. The maximum absolute atomic E-state index is 5.96. The van der Waals surface area contributed by atoms with Crippen LogP contribution in [-0.4, -0.2) is 26.5 Å². The van der Waals surface area contributed by atoms with E-state index >= 15 is 0 Å². The molecule has 6 rings (SSSR count). The third kappa shape index (κ3) is 8.38. The molecule has 0 atom stereocenters. The van der Waals surface area contributed by atoms with Gasteiger partial charge in [-0.3, -0.25) is 0 Å². The van der Waals surface area contributed by atoms with Crippen molar-refractivity contribution in [2.45, 2.75) is 65.3 Å². The van der Waals surface area contributed by atoms with Crippen LogP contribution in [0.1, 0.15) is 61.4 Å². The van der Waals surface area contributed by atoms with E-state index in [4.69, 9.17) is 49.7 Å². The summed E-state index contributed by atoms with van der Waals surface area (Å²) >= 11 is 17.5. The Morgan fingerprint density at radius 2 is 1.55 bits per heavy atom. The molecule has 3 aromatic rings. The normalized spacial score (nSPS) is 14.6. The fourth-order valence-corrected chi connectivity index (χ4v) is 4.89. The molecule has 4 heterocycles. The topological polar surface area (TPSA) is 112 Å². The number of nitrogens with one attached hydrogen (secondary N) is 1. The zero-order chi connectivity index (χ0) is 26.0. The smallest absolute Gasteiger partial charge is 0.264 e. The number of fused-ring (bicyclic) bond motifs is 2. The number of allylic oxidation sites excluding steroid dienone is 2. The molecule has 0 radical (unpaired) electrons. The minimum atomic E-state index is 0. The van der Waals surface area contributed by atoms with Gasteiger partial charge in [-0.25, -0.2) is 19.9 Å². The maximum Gasteiger partial charge on any atom is 0.264 e. The fraction of sp³-hybridized carbons (Fsp3) is 0.407. The monoisotopic (exact) mass is 577 g/mol. The first kappa shape index (κ1) is 29.8. The fourth-order valence-electron chi connectivity index (χ4n) is 4.19. The minimum Gasteiger partial charge on any atom is -0.467 e. The SMILES string of the molecule is C.Clc1nc(Cl)c2c(n1)CCCC2.Clc1nc2c(c(NCc3ccco3)n1)CCCC2.NCC1=C[C+]=CO1. The summed E-state index contributed by atoms with van der Waals surface area (Å²) in [7, 11) is 0. The van der Waals surface area contributed by atoms with E-state index in [1.54, 1.807) is 12.3 Å². The Morgan fingerprint density at radius 1 is 0.895 bits per heavy atom. The number of halogens is 3. The molecule has 0 saturated heterocycles. The number of nitrogens with two attached hydrogens (primary N) is 1. The third-order valence-corrected chi connectivity index (χ3v) is 6.65. The summed E-state index contributed by atoms with van der Waals surface area (Å²) in [6, 6.07) is 3.81. The zero-order valence-electron chi connectivity index (χ0n) is 20.3. The lowest BCUT2D eigenvalue weighted by Gasteiger charge is -2.18. The summed E-state index contributed by atoms with van der Waals surface area (Å²) in [6.07, 6.45) is 16.3. The quantitative estimate of drug-likeness (QED) is 0.200. The second kappa shape index (κ2) is 15.0. The lowest BCUT2D eigenvalue weighted by molar-refractivity contribution is 0.356. The molecule has 0 amide bonds. The van der Waals surface area contributed by atoms with E-state index in [-0.39, 0.29) is 12.7 Å². The van der Waals surface area contributed by atoms with Crippen molar-refractivity contribution in [1.29, 1.82) is 0 Å². The first-order chi connectivity index (χ1) is 18.0. The highest BCUT2D eigenvalue weighted by Crippen LogP contribution is 2.27. The molecule has 0 aromatic carbocycles. The first-order valence-electron chi connectivity index (χ1n) is 12.2. The van der Waals surface area contributed by atoms with E-state index in [0.29, 0.717) is 23.5 Å². The summed E-state index contributed by atoms with van der Waals surface area (Å²) in [4.78, 5) is 16.6. The van der Waals surface area contributed by atoms with Crippen molar-refractivity contribution in [2.75, 3.05) is 11.9 Å². The number of hydrogen-bond donors (Lipinski definition) is 2. The van der Waals surface area contributed by atoms with E-state index in [1.165, 1.54) is 37.5 Å². The number of ether oxygens (including phenoxy) is 1. The van der Waals surface area contributed by atoms with Crippen LogP contribution in [0.4, 0.5) is 5.82 Å². The highest BCUT2D eigenvalue weighted by atomic mass is 35.5. The van der Waals surface area contributed by atoms with E-state index in [0.717, 1.165) is 60.0 Å². The summed E-state index contributed by atoms with van der Waals surface area (Å²) in [5, 5.41) is 4.40. The van der Waals surface area contributed by atoms with Crippen LogP contribution >= 0.6 is 34.8 Å². The molecule has 0 saturated carbocycles. The van der Waals surface area contributed by atoms with Gasteiger partial charge in [-0.1, -0.05) is 19.0 Å².